The van der Waals surface area contributed by atoms with Crippen LogP contribution >= 0.6 is 11.8 Å². The molecule has 3 aromatic rings. The minimum atomic E-state index is -0.226. The van der Waals surface area contributed by atoms with Crippen LogP contribution in [0, 0.1) is 6.92 Å². The fraction of sp³-hybridized carbons (Fsp3) is 0.211. The molecule has 1 aliphatic rings. The molecule has 1 saturated heterocycles. The summed E-state index contributed by atoms with van der Waals surface area (Å²) in [6, 6.07) is 18.1. The Morgan fingerprint density at radius 1 is 1.12 bits per heavy atom. The van der Waals surface area contributed by atoms with Gasteiger partial charge in [0.15, 0.2) is 11.0 Å². The van der Waals surface area contributed by atoms with E-state index in [1.54, 1.807) is 0 Å². The van der Waals surface area contributed by atoms with Crippen LogP contribution in [0.3, 0.4) is 0 Å². The van der Waals surface area contributed by atoms with E-state index in [0.717, 1.165) is 22.6 Å². The number of aromatic nitrogens is 3. The lowest BCUT2D eigenvalue weighted by Crippen LogP contribution is -2.11. The zero-order chi connectivity index (χ0) is 17.2. The van der Waals surface area contributed by atoms with Crippen LogP contribution in [0.1, 0.15) is 12.0 Å². The van der Waals surface area contributed by atoms with Gasteiger partial charge in [0.2, 0.25) is 0 Å². The Kier molecular flexibility index (Phi) is 4.28. The minimum Gasteiger partial charge on any atom is -0.465 e. The molecule has 2 heterocycles. The van der Waals surface area contributed by atoms with E-state index in [2.05, 4.69) is 29.3 Å². The Balaban J connectivity index is 1.81. The monoisotopic (exact) mass is 351 g/mol. The quantitative estimate of drug-likeness (QED) is 0.672. The number of thioether (sulfide) groups is 1. The first kappa shape index (κ1) is 15.9. The molecule has 0 N–H and O–H groups in total. The van der Waals surface area contributed by atoms with Crippen LogP contribution in [0.5, 0.6) is 0 Å². The molecule has 25 heavy (non-hydrogen) atoms. The number of rotatable bonds is 4. The molecule has 1 atom stereocenters. The molecule has 6 heteroatoms. The third-order valence-electron chi connectivity index (χ3n) is 4.06. The Hall–Kier alpha value is -2.60. The van der Waals surface area contributed by atoms with E-state index in [9.17, 15) is 4.79 Å². The first-order valence-corrected chi connectivity index (χ1v) is 9.01. The molecule has 2 aromatic carbocycles. The summed E-state index contributed by atoms with van der Waals surface area (Å²) in [5.41, 5.74) is 3.12. The highest BCUT2D eigenvalue weighted by molar-refractivity contribution is 8.00. The van der Waals surface area contributed by atoms with Crippen molar-refractivity contribution in [2.75, 3.05) is 6.61 Å². The second-order valence-corrected chi connectivity index (χ2v) is 7.08. The van der Waals surface area contributed by atoms with Gasteiger partial charge < -0.3 is 4.74 Å². The Labute approximate surface area is 150 Å². The number of hydrogen-bond donors (Lipinski definition) is 0. The van der Waals surface area contributed by atoms with Crippen LogP contribution in [0.15, 0.2) is 59.8 Å². The van der Waals surface area contributed by atoms with E-state index >= 15 is 0 Å². The SMILES string of the molecule is Cc1cccc(-n2c(S[C@@H]3CCOC3=O)nnc2-c2ccccc2)c1. The van der Waals surface area contributed by atoms with Gasteiger partial charge in [-0.3, -0.25) is 9.36 Å². The lowest BCUT2D eigenvalue weighted by Gasteiger charge is -2.12. The zero-order valence-corrected chi connectivity index (χ0v) is 14.6. The summed E-state index contributed by atoms with van der Waals surface area (Å²) in [4.78, 5) is 11.9. The highest BCUT2D eigenvalue weighted by atomic mass is 32.2. The van der Waals surface area contributed by atoms with E-state index in [-0.39, 0.29) is 11.2 Å². The van der Waals surface area contributed by atoms with Gasteiger partial charge in [-0.05, 0) is 24.6 Å². The largest absolute Gasteiger partial charge is 0.465 e. The smallest absolute Gasteiger partial charge is 0.319 e. The fourth-order valence-corrected chi connectivity index (χ4v) is 3.85. The maximum atomic E-state index is 11.9. The van der Waals surface area contributed by atoms with Gasteiger partial charge in [-0.15, -0.1) is 10.2 Å². The maximum absolute atomic E-state index is 11.9. The summed E-state index contributed by atoms with van der Waals surface area (Å²) in [5, 5.41) is 9.24. The predicted octanol–water partition coefficient (Wildman–Crippen LogP) is 3.65. The second kappa shape index (κ2) is 6.72. The van der Waals surface area contributed by atoms with Crippen molar-refractivity contribution in [1.82, 2.24) is 14.8 Å². The molecule has 0 spiro atoms. The molecule has 5 nitrogen and oxygen atoms in total. The number of carbonyl (C=O) groups excluding carboxylic acids is 1. The van der Waals surface area contributed by atoms with Crippen molar-refractivity contribution in [2.24, 2.45) is 0 Å². The van der Waals surface area contributed by atoms with Crippen molar-refractivity contribution in [3.8, 4) is 17.1 Å². The number of cyclic esters (lactones) is 1. The highest BCUT2D eigenvalue weighted by Gasteiger charge is 2.30. The summed E-state index contributed by atoms with van der Waals surface area (Å²) in [6.45, 7) is 2.53. The zero-order valence-electron chi connectivity index (χ0n) is 13.8. The van der Waals surface area contributed by atoms with Gasteiger partial charge in [0, 0.05) is 17.7 Å². The number of carbonyl (C=O) groups is 1. The van der Waals surface area contributed by atoms with Gasteiger partial charge in [0.1, 0.15) is 5.25 Å². The number of aryl methyl sites for hydroxylation is 1. The van der Waals surface area contributed by atoms with Crippen molar-refractivity contribution in [3.05, 3.63) is 60.2 Å². The van der Waals surface area contributed by atoms with Crippen molar-refractivity contribution < 1.29 is 9.53 Å². The van der Waals surface area contributed by atoms with E-state index in [0.29, 0.717) is 18.2 Å². The average molecular weight is 351 g/mol. The van der Waals surface area contributed by atoms with Gasteiger partial charge in [0.25, 0.3) is 0 Å². The molecule has 4 rings (SSSR count). The van der Waals surface area contributed by atoms with Crippen molar-refractivity contribution in [1.29, 1.82) is 0 Å². The highest BCUT2D eigenvalue weighted by Crippen LogP contribution is 2.33. The molecular weight excluding hydrogens is 334 g/mol. The standard InChI is InChI=1S/C19H17N3O2S/c1-13-6-5-9-15(12-13)22-17(14-7-3-2-4-8-14)20-21-19(22)25-16-10-11-24-18(16)23/h2-9,12,16H,10-11H2,1H3/t16-/m1/s1. The van der Waals surface area contributed by atoms with E-state index in [1.165, 1.54) is 11.8 Å². The molecule has 0 amide bonds. The first-order chi connectivity index (χ1) is 12.2. The van der Waals surface area contributed by atoms with Crippen molar-refractivity contribution >= 4 is 17.7 Å². The molecule has 0 bridgehead atoms. The van der Waals surface area contributed by atoms with E-state index in [4.69, 9.17) is 4.74 Å². The molecule has 0 aliphatic carbocycles. The minimum absolute atomic E-state index is 0.176. The summed E-state index contributed by atoms with van der Waals surface area (Å²) in [5.74, 6) is 0.588. The number of nitrogens with zero attached hydrogens (tertiary/aromatic N) is 3. The summed E-state index contributed by atoms with van der Waals surface area (Å²) in [6.07, 6.45) is 0.699. The van der Waals surface area contributed by atoms with Crippen molar-refractivity contribution in [2.45, 2.75) is 23.8 Å². The number of ether oxygens (including phenoxy) is 1. The number of esters is 1. The van der Waals surface area contributed by atoms with Gasteiger partial charge in [-0.2, -0.15) is 0 Å². The number of benzene rings is 2. The van der Waals surface area contributed by atoms with Crippen LogP contribution in [0.4, 0.5) is 0 Å². The summed E-state index contributed by atoms with van der Waals surface area (Å²) < 4.78 is 7.09. The van der Waals surface area contributed by atoms with E-state index in [1.807, 2.05) is 47.0 Å². The molecule has 0 radical (unpaired) electrons. The van der Waals surface area contributed by atoms with Crippen LogP contribution < -0.4 is 0 Å². The Morgan fingerprint density at radius 2 is 1.96 bits per heavy atom. The lowest BCUT2D eigenvalue weighted by atomic mass is 10.2. The fourth-order valence-electron chi connectivity index (χ4n) is 2.83. The number of hydrogen-bond acceptors (Lipinski definition) is 5. The topological polar surface area (TPSA) is 57.0 Å². The molecule has 1 aliphatic heterocycles. The lowest BCUT2D eigenvalue weighted by molar-refractivity contribution is -0.137. The van der Waals surface area contributed by atoms with Crippen LogP contribution in [0.2, 0.25) is 0 Å². The summed E-state index contributed by atoms with van der Waals surface area (Å²) in [7, 11) is 0. The molecular formula is C19H17N3O2S. The normalized spacial score (nSPS) is 16.8. The van der Waals surface area contributed by atoms with E-state index < -0.39 is 0 Å². The predicted molar refractivity (Wildman–Crippen MR) is 96.8 cm³/mol. The molecule has 1 aromatic heterocycles. The van der Waals surface area contributed by atoms with Crippen LogP contribution in [-0.2, 0) is 9.53 Å². The second-order valence-electron chi connectivity index (χ2n) is 5.91. The average Bonchev–Trinajstić information content (AvgIpc) is 3.23. The summed E-state index contributed by atoms with van der Waals surface area (Å²) >= 11 is 1.42. The van der Waals surface area contributed by atoms with Gasteiger partial charge >= 0.3 is 5.97 Å². The molecule has 0 saturated carbocycles. The van der Waals surface area contributed by atoms with Crippen LogP contribution in [-0.4, -0.2) is 32.6 Å². The van der Waals surface area contributed by atoms with Gasteiger partial charge in [-0.25, -0.2) is 0 Å². The Morgan fingerprint density at radius 3 is 2.68 bits per heavy atom. The Bertz CT molecular complexity index is 908. The molecule has 126 valence electrons. The first-order valence-electron chi connectivity index (χ1n) is 8.13. The van der Waals surface area contributed by atoms with Gasteiger partial charge in [-0.1, -0.05) is 54.2 Å². The third-order valence-corrected chi connectivity index (χ3v) is 5.25. The van der Waals surface area contributed by atoms with Gasteiger partial charge in [0.05, 0.1) is 6.61 Å². The third kappa shape index (κ3) is 3.17. The molecule has 0 unspecified atom stereocenters. The van der Waals surface area contributed by atoms with Crippen LogP contribution in [0.25, 0.3) is 17.1 Å². The molecule has 1 fully saturated rings. The van der Waals surface area contributed by atoms with Crippen molar-refractivity contribution in [3.63, 3.8) is 0 Å². The maximum Gasteiger partial charge on any atom is 0.319 e.